The molecule has 136 valence electrons. The van der Waals surface area contributed by atoms with E-state index in [0.717, 1.165) is 25.9 Å². The molecular formula is C17H28FN3O3. The van der Waals surface area contributed by atoms with Gasteiger partial charge in [0, 0.05) is 19.0 Å². The first-order chi connectivity index (χ1) is 11.2. The van der Waals surface area contributed by atoms with Gasteiger partial charge >= 0.3 is 6.09 Å². The van der Waals surface area contributed by atoms with Gasteiger partial charge in [0.05, 0.1) is 6.54 Å². The molecule has 2 heterocycles. The molecule has 6 nitrogen and oxygen atoms in total. The third kappa shape index (κ3) is 3.66. The predicted molar refractivity (Wildman–Crippen MR) is 87.3 cm³/mol. The molecule has 2 saturated heterocycles. The number of carbonyl (C=O) groups excluding carboxylic acids is 2. The van der Waals surface area contributed by atoms with Crippen molar-refractivity contribution < 1.29 is 18.7 Å². The van der Waals surface area contributed by atoms with Crippen LogP contribution in [0.2, 0.25) is 0 Å². The molecule has 0 radical (unpaired) electrons. The van der Waals surface area contributed by atoms with Gasteiger partial charge in [0.1, 0.15) is 17.8 Å². The molecular weight excluding hydrogens is 313 g/mol. The number of nitrogens with one attached hydrogen (secondary N) is 2. The summed E-state index contributed by atoms with van der Waals surface area (Å²) in [5, 5.41) is 6.43. The molecule has 0 aromatic rings. The van der Waals surface area contributed by atoms with Gasteiger partial charge in [0.2, 0.25) is 5.91 Å². The molecule has 2 aliphatic heterocycles. The van der Waals surface area contributed by atoms with Crippen LogP contribution in [-0.4, -0.2) is 60.4 Å². The molecule has 24 heavy (non-hydrogen) atoms. The Bertz CT molecular complexity index is 508. The fourth-order valence-corrected chi connectivity index (χ4v) is 4.16. The monoisotopic (exact) mass is 341 g/mol. The van der Waals surface area contributed by atoms with Crippen molar-refractivity contribution in [3.63, 3.8) is 0 Å². The maximum Gasteiger partial charge on any atom is 0.411 e. The summed E-state index contributed by atoms with van der Waals surface area (Å²) in [7, 11) is 0. The highest BCUT2D eigenvalue weighted by Gasteiger charge is 2.45. The van der Waals surface area contributed by atoms with Crippen LogP contribution in [0.4, 0.5) is 9.18 Å². The van der Waals surface area contributed by atoms with Crippen LogP contribution in [-0.2, 0) is 9.53 Å². The third-order valence-electron chi connectivity index (χ3n) is 5.27. The highest BCUT2D eigenvalue weighted by Crippen LogP contribution is 2.35. The van der Waals surface area contributed by atoms with Crippen LogP contribution in [0.15, 0.2) is 0 Å². The van der Waals surface area contributed by atoms with Gasteiger partial charge in [0.15, 0.2) is 0 Å². The Hall–Kier alpha value is -1.37. The maximum atomic E-state index is 13.9. The minimum absolute atomic E-state index is 0.0458. The molecule has 2 amide bonds. The Morgan fingerprint density at radius 1 is 1.25 bits per heavy atom. The number of amides is 2. The van der Waals surface area contributed by atoms with E-state index in [9.17, 15) is 14.0 Å². The van der Waals surface area contributed by atoms with E-state index in [4.69, 9.17) is 4.74 Å². The lowest BCUT2D eigenvalue weighted by Crippen LogP contribution is -2.51. The summed E-state index contributed by atoms with van der Waals surface area (Å²) >= 11 is 0. The smallest absolute Gasteiger partial charge is 0.411 e. The number of halogens is 1. The number of hydrogen-bond acceptors (Lipinski definition) is 4. The first kappa shape index (κ1) is 17.5. The molecule has 0 spiro atoms. The number of fused-ring (bicyclic) bond motifs is 1. The highest BCUT2D eigenvalue weighted by atomic mass is 19.1. The summed E-state index contributed by atoms with van der Waals surface area (Å²) in [5.74, 6) is 0.819. The van der Waals surface area contributed by atoms with E-state index in [2.05, 4.69) is 10.6 Å². The second-order valence-corrected chi connectivity index (χ2v) is 8.26. The third-order valence-corrected chi connectivity index (χ3v) is 5.27. The Balaban J connectivity index is 1.63. The van der Waals surface area contributed by atoms with Crippen LogP contribution in [0.3, 0.4) is 0 Å². The first-order valence-corrected chi connectivity index (χ1v) is 8.89. The second kappa shape index (κ2) is 6.50. The van der Waals surface area contributed by atoms with E-state index in [1.54, 1.807) is 20.8 Å². The van der Waals surface area contributed by atoms with Gasteiger partial charge in [-0.15, -0.1) is 0 Å². The lowest BCUT2D eigenvalue weighted by molar-refractivity contribution is -0.126. The first-order valence-electron chi connectivity index (χ1n) is 8.89. The molecule has 2 N–H and O–H groups in total. The van der Waals surface area contributed by atoms with Crippen molar-refractivity contribution in [2.75, 3.05) is 19.6 Å². The molecule has 3 aliphatic rings. The number of nitrogens with zero attached hydrogens (tertiary/aromatic N) is 1. The van der Waals surface area contributed by atoms with Crippen molar-refractivity contribution in [1.82, 2.24) is 15.5 Å². The van der Waals surface area contributed by atoms with E-state index >= 15 is 0 Å². The number of likely N-dealkylation sites (tertiary alicyclic amines) is 1. The van der Waals surface area contributed by atoms with Gasteiger partial charge in [-0.3, -0.25) is 9.69 Å². The van der Waals surface area contributed by atoms with Gasteiger partial charge < -0.3 is 15.4 Å². The number of hydrogen-bond donors (Lipinski definition) is 2. The summed E-state index contributed by atoms with van der Waals surface area (Å²) in [4.78, 5) is 26.2. The Morgan fingerprint density at radius 2 is 2.00 bits per heavy atom. The largest absolute Gasteiger partial charge is 0.444 e. The maximum absolute atomic E-state index is 13.9. The van der Waals surface area contributed by atoms with Gasteiger partial charge in [-0.25, -0.2) is 9.18 Å². The molecule has 1 saturated carbocycles. The van der Waals surface area contributed by atoms with Crippen LogP contribution < -0.4 is 10.6 Å². The van der Waals surface area contributed by atoms with Gasteiger partial charge in [-0.05, 0) is 52.0 Å². The Morgan fingerprint density at radius 3 is 2.71 bits per heavy atom. The molecule has 0 aromatic heterocycles. The average molecular weight is 341 g/mol. The SMILES string of the molecule is CC(C)(C)OC(=O)N1C[C@H](F)C[C@H]1C(=O)N[C@H]1CC[C@@H]2CNC[C@@H]21. The van der Waals surface area contributed by atoms with Crippen LogP contribution in [0, 0.1) is 11.8 Å². The fraction of sp³-hybridized carbons (Fsp3) is 0.882. The molecule has 5 atom stereocenters. The van der Waals surface area contributed by atoms with Crippen LogP contribution in [0.5, 0.6) is 0 Å². The average Bonchev–Trinajstić information content (AvgIpc) is 3.13. The predicted octanol–water partition coefficient (Wildman–Crippen LogP) is 1.45. The van der Waals surface area contributed by atoms with Crippen molar-refractivity contribution in [2.24, 2.45) is 11.8 Å². The molecule has 3 rings (SSSR count). The van der Waals surface area contributed by atoms with Crippen LogP contribution >= 0.6 is 0 Å². The summed E-state index contributed by atoms with van der Waals surface area (Å²) in [5.41, 5.74) is -0.666. The zero-order valence-corrected chi connectivity index (χ0v) is 14.7. The molecule has 3 fully saturated rings. The van der Waals surface area contributed by atoms with Crippen molar-refractivity contribution in [2.45, 2.75) is 63.9 Å². The molecule has 7 heteroatoms. The molecule has 0 unspecified atom stereocenters. The van der Waals surface area contributed by atoms with Gasteiger partial charge in [-0.1, -0.05) is 0 Å². The lowest BCUT2D eigenvalue weighted by Gasteiger charge is -2.29. The summed E-state index contributed by atoms with van der Waals surface area (Å²) < 4.78 is 19.2. The van der Waals surface area contributed by atoms with Crippen molar-refractivity contribution >= 4 is 12.0 Å². The van der Waals surface area contributed by atoms with Gasteiger partial charge in [-0.2, -0.15) is 0 Å². The molecule has 0 bridgehead atoms. The van der Waals surface area contributed by atoms with Crippen molar-refractivity contribution in [3.8, 4) is 0 Å². The number of ether oxygens (including phenoxy) is 1. The highest BCUT2D eigenvalue weighted by molar-refractivity contribution is 5.86. The van der Waals surface area contributed by atoms with E-state index in [-0.39, 0.29) is 24.9 Å². The number of alkyl halides is 1. The van der Waals surface area contributed by atoms with Gasteiger partial charge in [0.25, 0.3) is 0 Å². The van der Waals surface area contributed by atoms with Crippen molar-refractivity contribution in [1.29, 1.82) is 0 Å². The van der Waals surface area contributed by atoms with E-state index in [1.807, 2.05) is 0 Å². The Kier molecular flexibility index (Phi) is 4.73. The summed E-state index contributed by atoms with van der Waals surface area (Å²) in [6, 6.07) is -0.653. The standard InChI is InChI=1S/C17H28FN3O3/c1-17(2,3)24-16(23)21-9-11(18)6-14(21)15(22)20-13-5-4-10-7-19-8-12(10)13/h10-14,19H,4-9H2,1-3H3,(H,20,22)/t10-,11-,12+,13+,14+/m1/s1. The second-order valence-electron chi connectivity index (χ2n) is 8.26. The van der Waals surface area contributed by atoms with Crippen LogP contribution in [0.1, 0.15) is 40.0 Å². The Labute approximate surface area is 142 Å². The minimum atomic E-state index is -1.18. The minimum Gasteiger partial charge on any atom is -0.444 e. The number of carbonyl (C=O) groups is 2. The normalized spacial score (nSPS) is 35.8. The zero-order chi connectivity index (χ0) is 17.5. The summed E-state index contributed by atoms with van der Waals surface area (Å²) in [6.45, 7) is 7.13. The zero-order valence-electron chi connectivity index (χ0n) is 14.7. The molecule has 1 aliphatic carbocycles. The molecule has 0 aromatic carbocycles. The fourth-order valence-electron chi connectivity index (χ4n) is 4.16. The van der Waals surface area contributed by atoms with E-state index < -0.39 is 23.9 Å². The van der Waals surface area contributed by atoms with E-state index in [1.165, 1.54) is 4.90 Å². The topological polar surface area (TPSA) is 70.7 Å². The van der Waals surface area contributed by atoms with Crippen molar-refractivity contribution in [3.05, 3.63) is 0 Å². The van der Waals surface area contributed by atoms with Crippen LogP contribution in [0.25, 0.3) is 0 Å². The number of rotatable bonds is 2. The quantitative estimate of drug-likeness (QED) is 0.797. The lowest BCUT2D eigenvalue weighted by atomic mass is 9.97. The van der Waals surface area contributed by atoms with E-state index in [0.29, 0.717) is 11.8 Å². The summed E-state index contributed by atoms with van der Waals surface area (Å²) in [6.07, 6.45) is 0.312.